The van der Waals surface area contributed by atoms with Gasteiger partial charge in [-0.3, -0.25) is 24.1 Å². The molecule has 4 amide bonds. The van der Waals surface area contributed by atoms with Gasteiger partial charge < -0.3 is 25.1 Å². The van der Waals surface area contributed by atoms with Crippen molar-refractivity contribution >= 4 is 29.6 Å². The van der Waals surface area contributed by atoms with Crippen LogP contribution in [0, 0.1) is 17.8 Å². The zero-order valence-corrected chi connectivity index (χ0v) is 25.1. The molecule has 0 bridgehead atoms. The van der Waals surface area contributed by atoms with Crippen molar-refractivity contribution in [3.63, 3.8) is 0 Å². The number of likely N-dealkylation sites (tertiary alicyclic amines) is 2. The summed E-state index contributed by atoms with van der Waals surface area (Å²) in [7, 11) is 5.22. The van der Waals surface area contributed by atoms with Gasteiger partial charge in [0.25, 0.3) is 0 Å². The van der Waals surface area contributed by atoms with Gasteiger partial charge in [0, 0.05) is 20.1 Å². The number of rotatable bonds is 11. The lowest BCUT2D eigenvalue weighted by Crippen LogP contribution is -2.61. The minimum atomic E-state index is -1.03. The molecule has 2 heterocycles. The van der Waals surface area contributed by atoms with Gasteiger partial charge in [-0.15, -0.1) is 0 Å². The van der Waals surface area contributed by atoms with Crippen LogP contribution in [0.25, 0.3) is 0 Å². The SMILES string of the molecule is CC(C)C(NC(=O)C(C(C)C)N(C)C)C(=O)N(C)C(C(=O)N1CCCC1C(=O)N1CCCC1C(=O)O)C(C)C. The molecule has 2 N–H and O–H groups in total. The summed E-state index contributed by atoms with van der Waals surface area (Å²) in [6.07, 6.45) is 2.11. The van der Waals surface area contributed by atoms with E-state index in [1.807, 2.05) is 60.5 Å². The summed E-state index contributed by atoms with van der Waals surface area (Å²) >= 11 is 0. The standard InChI is InChI=1S/C28H49N5O6/c1-16(2)21(29-24(34)22(17(3)4)30(7)8)26(36)31(9)23(18(5)6)27(37)32-14-10-12-19(32)25(35)33-15-11-13-20(33)28(38)39/h16-23H,10-15H2,1-9H3,(H,29,34)(H,38,39). The lowest BCUT2D eigenvalue weighted by molar-refractivity contribution is -0.155. The molecule has 5 unspecified atom stereocenters. The maximum absolute atomic E-state index is 13.9. The maximum atomic E-state index is 13.9. The minimum Gasteiger partial charge on any atom is -0.480 e. The Kier molecular flexibility index (Phi) is 11.3. The fourth-order valence-corrected chi connectivity index (χ4v) is 6.08. The van der Waals surface area contributed by atoms with Gasteiger partial charge in [-0.25, -0.2) is 4.79 Å². The molecule has 0 aliphatic carbocycles. The van der Waals surface area contributed by atoms with Crippen molar-refractivity contribution in [3.8, 4) is 0 Å². The average molecular weight is 552 g/mol. The third-order valence-corrected chi connectivity index (χ3v) is 7.98. The second-order valence-electron chi connectivity index (χ2n) is 12.2. The van der Waals surface area contributed by atoms with Crippen LogP contribution in [0.2, 0.25) is 0 Å². The molecule has 222 valence electrons. The van der Waals surface area contributed by atoms with Gasteiger partial charge in [0.1, 0.15) is 24.2 Å². The van der Waals surface area contributed by atoms with E-state index >= 15 is 0 Å². The minimum absolute atomic E-state index is 0.0339. The lowest BCUT2D eigenvalue weighted by atomic mass is 9.96. The van der Waals surface area contributed by atoms with E-state index in [9.17, 15) is 29.1 Å². The van der Waals surface area contributed by atoms with Crippen LogP contribution in [0.15, 0.2) is 0 Å². The molecule has 39 heavy (non-hydrogen) atoms. The van der Waals surface area contributed by atoms with Gasteiger partial charge in [0.05, 0.1) is 6.04 Å². The molecular formula is C28H49N5O6. The third-order valence-electron chi connectivity index (χ3n) is 7.98. The molecule has 0 aromatic carbocycles. The monoisotopic (exact) mass is 551 g/mol. The van der Waals surface area contributed by atoms with E-state index in [4.69, 9.17) is 0 Å². The Labute approximate surface area is 233 Å². The van der Waals surface area contributed by atoms with Crippen molar-refractivity contribution in [1.82, 2.24) is 24.9 Å². The zero-order valence-electron chi connectivity index (χ0n) is 25.1. The molecule has 0 saturated carbocycles. The first-order valence-corrected chi connectivity index (χ1v) is 14.2. The molecule has 2 aliphatic heterocycles. The van der Waals surface area contributed by atoms with Crippen LogP contribution in [0.1, 0.15) is 67.2 Å². The second-order valence-corrected chi connectivity index (χ2v) is 12.2. The third kappa shape index (κ3) is 7.29. The van der Waals surface area contributed by atoms with Crippen LogP contribution < -0.4 is 5.32 Å². The van der Waals surface area contributed by atoms with Gasteiger partial charge >= 0.3 is 5.97 Å². The molecule has 11 heteroatoms. The summed E-state index contributed by atoms with van der Waals surface area (Å²) in [5.41, 5.74) is 0. The Bertz CT molecular complexity index is 912. The normalized spacial score (nSPS) is 22.0. The van der Waals surface area contributed by atoms with E-state index in [2.05, 4.69) is 5.32 Å². The summed E-state index contributed by atoms with van der Waals surface area (Å²) in [6, 6.07) is -3.69. The number of likely N-dealkylation sites (N-methyl/N-ethyl adjacent to an activating group) is 2. The highest BCUT2D eigenvalue weighted by Gasteiger charge is 2.45. The average Bonchev–Trinajstić information content (AvgIpc) is 3.50. The van der Waals surface area contributed by atoms with Gasteiger partial charge in [0.15, 0.2) is 0 Å². The van der Waals surface area contributed by atoms with E-state index in [1.165, 1.54) is 14.7 Å². The number of hydrogen-bond donors (Lipinski definition) is 2. The highest BCUT2D eigenvalue weighted by molar-refractivity contribution is 5.96. The fourth-order valence-electron chi connectivity index (χ4n) is 6.08. The van der Waals surface area contributed by atoms with Crippen LogP contribution >= 0.6 is 0 Å². The van der Waals surface area contributed by atoms with Crippen LogP contribution in [0.4, 0.5) is 0 Å². The fraction of sp³-hybridized carbons (Fsp3) is 0.821. The lowest BCUT2D eigenvalue weighted by Gasteiger charge is -2.38. The number of carbonyl (C=O) groups is 5. The number of carboxylic acid groups (broad SMARTS) is 1. The van der Waals surface area contributed by atoms with Crippen LogP contribution in [-0.4, -0.2) is 119 Å². The molecule has 11 nitrogen and oxygen atoms in total. The van der Waals surface area contributed by atoms with Crippen molar-refractivity contribution in [3.05, 3.63) is 0 Å². The van der Waals surface area contributed by atoms with Crippen LogP contribution in [0.3, 0.4) is 0 Å². The summed E-state index contributed by atoms with van der Waals surface area (Å²) in [6.45, 7) is 12.0. The molecule has 0 aromatic rings. The van der Waals surface area contributed by atoms with Crippen LogP contribution in [0.5, 0.6) is 0 Å². The molecule has 2 aliphatic rings. The largest absolute Gasteiger partial charge is 0.480 e. The number of nitrogens with zero attached hydrogens (tertiary/aromatic N) is 4. The molecular weight excluding hydrogens is 502 g/mol. The Morgan fingerprint density at radius 3 is 1.74 bits per heavy atom. The second kappa shape index (κ2) is 13.6. The van der Waals surface area contributed by atoms with Crippen molar-refractivity contribution in [2.75, 3.05) is 34.2 Å². The Balaban J connectivity index is 2.27. The van der Waals surface area contributed by atoms with Crippen molar-refractivity contribution in [2.24, 2.45) is 17.8 Å². The van der Waals surface area contributed by atoms with Gasteiger partial charge in [0.2, 0.25) is 23.6 Å². The number of carbonyl (C=O) groups excluding carboxylic acids is 4. The molecule has 5 atom stereocenters. The highest BCUT2D eigenvalue weighted by atomic mass is 16.4. The number of aliphatic carboxylic acids is 1. The summed E-state index contributed by atoms with van der Waals surface area (Å²) in [5, 5.41) is 12.5. The predicted octanol–water partition coefficient (Wildman–Crippen LogP) is 1.26. The van der Waals surface area contributed by atoms with Crippen molar-refractivity contribution in [1.29, 1.82) is 0 Å². The van der Waals surface area contributed by atoms with Gasteiger partial charge in [-0.2, -0.15) is 0 Å². The summed E-state index contributed by atoms with van der Waals surface area (Å²) in [5.74, 6) is -2.74. The van der Waals surface area contributed by atoms with Gasteiger partial charge in [-0.05, 0) is 57.5 Å². The van der Waals surface area contributed by atoms with Crippen molar-refractivity contribution in [2.45, 2.75) is 97.4 Å². The zero-order chi connectivity index (χ0) is 29.8. The van der Waals surface area contributed by atoms with E-state index in [1.54, 1.807) is 7.05 Å². The smallest absolute Gasteiger partial charge is 0.326 e. The Morgan fingerprint density at radius 2 is 1.28 bits per heavy atom. The Morgan fingerprint density at radius 1 is 0.769 bits per heavy atom. The quantitative estimate of drug-likeness (QED) is 0.395. The number of hydrogen-bond acceptors (Lipinski definition) is 6. The van der Waals surface area contributed by atoms with Crippen molar-refractivity contribution < 1.29 is 29.1 Å². The van der Waals surface area contributed by atoms with E-state index in [0.717, 1.165) is 0 Å². The van der Waals surface area contributed by atoms with E-state index in [-0.39, 0.29) is 41.4 Å². The molecule has 0 radical (unpaired) electrons. The summed E-state index contributed by atoms with van der Waals surface area (Å²) < 4.78 is 0. The number of nitrogens with one attached hydrogen (secondary N) is 1. The van der Waals surface area contributed by atoms with Gasteiger partial charge in [-0.1, -0.05) is 41.5 Å². The van der Waals surface area contributed by atoms with E-state index < -0.39 is 36.2 Å². The molecule has 2 rings (SSSR count). The number of carboxylic acids is 1. The maximum Gasteiger partial charge on any atom is 0.326 e. The first-order chi connectivity index (χ1) is 18.1. The first kappa shape index (κ1) is 32.5. The molecule has 2 saturated heterocycles. The first-order valence-electron chi connectivity index (χ1n) is 14.2. The Hall–Kier alpha value is -2.69. The predicted molar refractivity (Wildman–Crippen MR) is 148 cm³/mol. The number of amides is 4. The molecule has 2 fully saturated rings. The van der Waals surface area contributed by atoms with Crippen LogP contribution in [-0.2, 0) is 24.0 Å². The molecule has 0 aromatic heterocycles. The topological polar surface area (TPSA) is 131 Å². The molecule has 0 spiro atoms. The summed E-state index contributed by atoms with van der Waals surface area (Å²) in [4.78, 5) is 72.1. The highest BCUT2D eigenvalue weighted by Crippen LogP contribution is 2.27. The van der Waals surface area contributed by atoms with E-state index in [0.29, 0.717) is 38.8 Å².